The van der Waals surface area contributed by atoms with E-state index in [-0.39, 0.29) is 18.3 Å². The Morgan fingerprint density at radius 1 is 1.00 bits per heavy atom. The van der Waals surface area contributed by atoms with Gasteiger partial charge in [0.1, 0.15) is 5.75 Å². The van der Waals surface area contributed by atoms with Crippen LogP contribution in [0.3, 0.4) is 0 Å². The summed E-state index contributed by atoms with van der Waals surface area (Å²) in [6.07, 6.45) is 3.21. The van der Waals surface area contributed by atoms with Crippen molar-refractivity contribution >= 4 is 26.2 Å². The highest BCUT2D eigenvalue weighted by Crippen LogP contribution is 2.20. The molecule has 6 nitrogen and oxygen atoms in total. The maximum Gasteiger partial charge on any atom is 0.306 e. The topological polar surface area (TPSA) is 80.8 Å². The smallest absolute Gasteiger partial charge is 0.306 e. The van der Waals surface area contributed by atoms with E-state index >= 15 is 0 Å². The molecule has 2 aromatic carbocycles. The molecule has 0 saturated carbocycles. The standard InChI is InChI=1S/C20H25NO5S2/c1-4-17(2)21(28(24,25)15-14-18-8-6-5-7-9-18)16-19-10-12-20(13-11-19)26-27(3,22)23/h5-15,17H,4,16H2,1-3H3/b15-14+/t17-/m0/s1. The summed E-state index contributed by atoms with van der Waals surface area (Å²) in [5.74, 6) is 0.188. The van der Waals surface area contributed by atoms with Crippen molar-refractivity contribution in [2.75, 3.05) is 6.26 Å². The van der Waals surface area contributed by atoms with Crippen LogP contribution in [-0.4, -0.2) is 33.4 Å². The van der Waals surface area contributed by atoms with Crippen LogP contribution in [0.15, 0.2) is 60.0 Å². The predicted octanol–water partition coefficient (Wildman–Crippen LogP) is 3.63. The third kappa shape index (κ3) is 6.78. The van der Waals surface area contributed by atoms with Gasteiger partial charge in [-0.1, -0.05) is 49.4 Å². The average molecular weight is 424 g/mol. The van der Waals surface area contributed by atoms with Crippen molar-refractivity contribution in [3.05, 3.63) is 71.1 Å². The van der Waals surface area contributed by atoms with Gasteiger partial charge in [0.15, 0.2) is 0 Å². The number of nitrogens with zero attached hydrogens (tertiary/aromatic N) is 1. The molecule has 0 unspecified atom stereocenters. The Balaban J connectivity index is 2.22. The second kappa shape index (κ2) is 9.36. The number of hydrogen-bond donors (Lipinski definition) is 0. The van der Waals surface area contributed by atoms with E-state index in [4.69, 9.17) is 4.18 Å². The molecule has 2 aromatic rings. The molecule has 0 heterocycles. The predicted molar refractivity (Wildman–Crippen MR) is 112 cm³/mol. The van der Waals surface area contributed by atoms with Gasteiger partial charge in [0.25, 0.3) is 0 Å². The van der Waals surface area contributed by atoms with E-state index in [0.29, 0.717) is 6.42 Å². The van der Waals surface area contributed by atoms with E-state index in [0.717, 1.165) is 17.4 Å². The van der Waals surface area contributed by atoms with Crippen molar-refractivity contribution < 1.29 is 21.0 Å². The molecular formula is C20H25NO5S2. The molecular weight excluding hydrogens is 398 g/mol. The van der Waals surface area contributed by atoms with Gasteiger partial charge in [-0.25, -0.2) is 8.42 Å². The lowest BCUT2D eigenvalue weighted by atomic mass is 10.2. The molecule has 0 fully saturated rings. The first-order valence-corrected chi connectivity index (χ1v) is 12.2. The third-order valence-electron chi connectivity index (χ3n) is 4.15. The quantitative estimate of drug-likeness (QED) is 0.576. The number of benzene rings is 2. The van der Waals surface area contributed by atoms with E-state index in [9.17, 15) is 16.8 Å². The summed E-state index contributed by atoms with van der Waals surface area (Å²) < 4.78 is 54.4. The second-order valence-electron chi connectivity index (χ2n) is 6.49. The summed E-state index contributed by atoms with van der Waals surface area (Å²) in [5, 5.41) is 1.22. The number of hydrogen-bond acceptors (Lipinski definition) is 5. The minimum Gasteiger partial charge on any atom is -0.383 e. The van der Waals surface area contributed by atoms with Crippen LogP contribution >= 0.6 is 0 Å². The Morgan fingerprint density at radius 2 is 1.61 bits per heavy atom. The van der Waals surface area contributed by atoms with Gasteiger partial charge in [-0.3, -0.25) is 0 Å². The molecule has 0 amide bonds. The van der Waals surface area contributed by atoms with Gasteiger partial charge in [-0.05, 0) is 42.7 Å². The highest BCUT2D eigenvalue weighted by Gasteiger charge is 2.24. The lowest BCUT2D eigenvalue weighted by Crippen LogP contribution is -2.36. The molecule has 0 aliphatic heterocycles. The van der Waals surface area contributed by atoms with E-state index in [2.05, 4.69) is 0 Å². The largest absolute Gasteiger partial charge is 0.383 e. The van der Waals surface area contributed by atoms with E-state index < -0.39 is 20.1 Å². The summed E-state index contributed by atoms with van der Waals surface area (Å²) in [4.78, 5) is 0. The van der Waals surface area contributed by atoms with Crippen molar-refractivity contribution in [1.82, 2.24) is 4.31 Å². The number of sulfonamides is 1. The fourth-order valence-corrected chi connectivity index (χ4v) is 4.44. The van der Waals surface area contributed by atoms with Crippen LogP contribution in [0.4, 0.5) is 0 Å². The van der Waals surface area contributed by atoms with Gasteiger partial charge in [0, 0.05) is 18.0 Å². The summed E-state index contributed by atoms with van der Waals surface area (Å²) >= 11 is 0. The minimum atomic E-state index is -3.64. The molecule has 0 spiro atoms. The highest BCUT2D eigenvalue weighted by atomic mass is 32.2. The monoisotopic (exact) mass is 423 g/mol. The van der Waals surface area contributed by atoms with Crippen molar-refractivity contribution in [2.45, 2.75) is 32.9 Å². The maximum atomic E-state index is 12.9. The summed E-state index contributed by atoms with van der Waals surface area (Å²) in [6.45, 7) is 3.96. The fraction of sp³-hybridized carbons (Fsp3) is 0.300. The molecule has 8 heteroatoms. The zero-order valence-electron chi connectivity index (χ0n) is 16.1. The molecule has 1 atom stereocenters. The van der Waals surface area contributed by atoms with E-state index in [1.807, 2.05) is 44.2 Å². The average Bonchev–Trinajstić information content (AvgIpc) is 2.65. The lowest BCUT2D eigenvalue weighted by molar-refractivity contribution is 0.327. The molecule has 0 aliphatic carbocycles. The van der Waals surface area contributed by atoms with Gasteiger partial charge in [-0.2, -0.15) is 12.7 Å². The molecule has 0 saturated heterocycles. The third-order valence-corrected chi connectivity index (χ3v) is 6.27. The van der Waals surface area contributed by atoms with Gasteiger partial charge in [0.2, 0.25) is 10.0 Å². The Bertz CT molecular complexity index is 998. The molecule has 0 bridgehead atoms. The molecule has 0 aliphatic rings. The minimum absolute atomic E-state index is 0.176. The fourth-order valence-electron chi connectivity index (χ4n) is 2.51. The van der Waals surface area contributed by atoms with Gasteiger partial charge >= 0.3 is 10.1 Å². The lowest BCUT2D eigenvalue weighted by Gasteiger charge is -2.26. The van der Waals surface area contributed by atoms with Crippen LogP contribution in [0.25, 0.3) is 6.08 Å². The molecule has 152 valence electrons. The summed E-state index contributed by atoms with van der Waals surface area (Å²) in [5.41, 5.74) is 1.54. The highest BCUT2D eigenvalue weighted by molar-refractivity contribution is 7.92. The molecule has 2 rings (SSSR count). The van der Waals surface area contributed by atoms with Crippen molar-refractivity contribution in [2.24, 2.45) is 0 Å². The van der Waals surface area contributed by atoms with Crippen molar-refractivity contribution in [1.29, 1.82) is 0 Å². The van der Waals surface area contributed by atoms with Crippen molar-refractivity contribution in [3.8, 4) is 5.75 Å². The first-order valence-electron chi connectivity index (χ1n) is 8.84. The van der Waals surface area contributed by atoms with Crippen LogP contribution in [0.5, 0.6) is 5.75 Å². The first-order chi connectivity index (χ1) is 13.1. The van der Waals surface area contributed by atoms with Crippen molar-refractivity contribution in [3.63, 3.8) is 0 Å². The van der Waals surface area contributed by atoms with Crippen LogP contribution in [0.1, 0.15) is 31.4 Å². The molecule has 0 radical (unpaired) electrons. The normalized spacial score (nSPS) is 13.7. The Labute approximate surface area is 167 Å². The maximum absolute atomic E-state index is 12.9. The second-order valence-corrected chi connectivity index (χ2v) is 9.84. The number of rotatable bonds is 9. The van der Waals surface area contributed by atoms with E-state index in [1.54, 1.807) is 18.2 Å². The first kappa shape index (κ1) is 22.1. The summed E-state index contributed by atoms with van der Waals surface area (Å²) in [6, 6.07) is 15.4. The van der Waals surface area contributed by atoms with Gasteiger partial charge in [-0.15, -0.1) is 0 Å². The SMILES string of the molecule is CC[C@H](C)N(Cc1ccc(OS(C)(=O)=O)cc1)S(=O)(=O)/C=C/c1ccccc1. The Hall–Kier alpha value is -2.16. The summed E-state index contributed by atoms with van der Waals surface area (Å²) in [7, 11) is -7.25. The molecule has 0 N–H and O–H groups in total. The van der Waals surface area contributed by atoms with Gasteiger partial charge in [0.05, 0.1) is 6.26 Å². The zero-order chi connectivity index (χ0) is 20.8. The van der Waals surface area contributed by atoms with Gasteiger partial charge < -0.3 is 4.18 Å². The zero-order valence-corrected chi connectivity index (χ0v) is 17.8. The molecule has 0 aromatic heterocycles. The van der Waals surface area contributed by atoms with Crippen LogP contribution in [-0.2, 0) is 26.7 Å². The van der Waals surface area contributed by atoms with E-state index in [1.165, 1.54) is 21.8 Å². The van der Waals surface area contributed by atoms with Crippen LogP contribution in [0.2, 0.25) is 0 Å². The van der Waals surface area contributed by atoms with Crippen LogP contribution < -0.4 is 4.18 Å². The Kier molecular flexibility index (Phi) is 7.40. The van der Waals surface area contributed by atoms with Crippen LogP contribution in [0, 0.1) is 0 Å². The molecule has 28 heavy (non-hydrogen) atoms. The Morgan fingerprint density at radius 3 is 2.14 bits per heavy atom.